The number of hydrogen-bond donors (Lipinski definition) is 1. The fraction of sp³-hybridized carbons (Fsp3) is 0.250. The second kappa shape index (κ2) is 5.07. The van der Waals surface area contributed by atoms with Gasteiger partial charge in [0.25, 0.3) is 0 Å². The molecular weight excluding hydrogens is 303 g/mol. The fourth-order valence-electron chi connectivity index (χ4n) is 1.77. The number of benzene rings is 1. The van der Waals surface area contributed by atoms with E-state index in [9.17, 15) is 0 Å². The van der Waals surface area contributed by atoms with E-state index in [4.69, 9.17) is 35.4 Å². The lowest BCUT2D eigenvalue weighted by Crippen LogP contribution is -1.97. The average Bonchev–Trinajstić information content (AvgIpc) is 3.15. The zero-order valence-corrected chi connectivity index (χ0v) is 12.1. The molecule has 1 aliphatic carbocycles. The SMILES string of the molecule is S=c1[nH]nc(C2CC2)n1N=Cc1c(Cl)cccc1Cl. The summed E-state index contributed by atoms with van der Waals surface area (Å²) in [5, 5.41) is 12.4. The molecule has 1 heterocycles. The van der Waals surface area contributed by atoms with Gasteiger partial charge >= 0.3 is 0 Å². The Labute approximate surface area is 125 Å². The van der Waals surface area contributed by atoms with Crippen molar-refractivity contribution >= 4 is 41.6 Å². The van der Waals surface area contributed by atoms with Crippen molar-refractivity contribution in [1.82, 2.24) is 14.9 Å². The Bertz CT molecular complexity index is 680. The van der Waals surface area contributed by atoms with E-state index < -0.39 is 0 Å². The number of hydrogen-bond acceptors (Lipinski definition) is 3. The summed E-state index contributed by atoms with van der Waals surface area (Å²) in [6.07, 6.45) is 3.87. The predicted molar refractivity (Wildman–Crippen MR) is 78.8 cm³/mol. The van der Waals surface area contributed by atoms with Gasteiger partial charge in [-0.2, -0.15) is 14.9 Å². The lowest BCUT2D eigenvalue weighted by atomic mass is 10.2. The van der Waals surface area contributed by atoms with Crippen molar-refractivity contribution in [2.75, 3.05) is 0 Å². The Morgan fingerprint density at radius 2 is 2.05 bits per heavy atom. The Kier molecular flexibility index (Phi) is 3.43. The van der Waals surface area contributed by atoms with Crippen molar-refractivity contribution in [3.63, 3.8) is 0 Å². The number of nitrogens with zero attached hydrogens (tertiary/aromatic N) is 3. The van der Waals surface area contributed by atoms with Crippen LogP contribution >= 0.6 is 35.4 Å². The minimum Gasteiger partial charge on any atom is -0.250 e. The van der Waals surface area contributed by atoms with Gasteiger partial charge in [-0.25, -0.2) is 0 Å². The molecule has 1 N–H and O–H groups in total. The predicted octanol–water partition coefficient (Wildman–Crippen LogP) is 4.01. The highest BCUT2D eigenvalue weighted by molar-refractivity contribution is 7.71. The number of H-pyrrole nitrogens is 1. The van der Waals surface area contributed by atoms with E-state index >= 15 is 0 Å². The summed E-state index contributed by atoms with van der Waals surface area (Å²) in [5.74, 6) is 1.32. The summed E-state index contributed by atoms with van der Waals surface area (Å²) in [5.41, 5.74) is 0.677. The van der Waals surface area contributed by atoms with Crippen molar-refractivity contribution in [2.45, 2.75) is 18.8 Å². The van der Waals surface area contributed by atoms with E-state index in [-0.39, 0.29) is 0 Å². The van der Waals surface area contributed by atoms with Crippen LogP contribution < -0.4 is 0 Å². The third-order valence-electron chi connectivity index (χ3n) is 2.92. The quantitative estimate of drug-likeness (QED) is 0.687. The lowest BCUT2D eigenvalue weighted by molar-refractivity contribution is 0.773. The first-order valence-electron chi connectivity index (χ1n) is 5.82. The molecule has 1 aromatic heterocycles. The molecule has 7 heteroatoms. The van der Waals surface area contributed by atoms with Crippen molar-refractivity contribution in [2.24, 2.45) is 5.10 Å². The fourth-order valence-corrected chi connectivity index (χ4v) is 2.45. The van der Waals surface area contributed by atoms with Crippen LogP contribution in [0.15, 0.2) is 23.3 Å². The van der Waals surface area contributed by atoms with E-state index in [2.05, 4.69) is 15.3 Å². The van der Waals surface area contributed by atoms with Gasteiger partial charge in [-0.1, -0.05) is 29.3 Å². The van der Waals surface area contributed by atoms with Crippen LogP contribution in [-0.2, 0) is 0 Å². The number of aromatic nitrogens is 3. The Hall–Kier alpha value is -1.17. The average molecular weight is 313 g/mol. The van der Waals surface area contributed by atoms with Gasteiger partial charge in [-0.05, 0) is 37.2 Å². The molecule has 1 aliphatic rings. The molecule has 19 heavy (non-hydrogen) atoms. The van der Waals surface area contributed by atoms with Crippen LogP contribution in [0.4, 0.5) is 0 Å². The molecule has 0 amide bonds. The van der Waals surface area contributed by atoms with Crippen molar-refractivity contribution < 1.29 is 0 Å². The van der Waals surface area contributed by atoms with Crippen molar-refractivity contribution in [3.8, 4) is 0 Å². The summed E-state index contributed by atoms with van der Waals surface area (Å²) in [4.78, 5) is 0. The third-order valence-corrected chi connectivity index (χ3v) is 3.84. The molecule has 0 saturated heterocycles. The summed E-state index contributed by atoms with van der Waals surface area (Å²) < 4.78 is 2.11. The topological polar surface area (TPSA) is 46.0 Å². The maximum absolute atomic E-state index is 6.09. The van der Waals surface area contributed by atoms with E-state index in [0.29, 0.717) is 26.3 Å². The first-order valence-corrected chi connectivity index (χ1v) is 6.99. The van der Waals surface area contributed by atoms with Crippen LogP contribution in [-0.4, -0.2) is 21.1 Å². The van der Waals surface area contributed by atoms with Gasteiger partial charge < -0.3 is 0 Å². The largest absolute Gasteiger partial charge is 0.250 e. The molecule has 0 unspecified atom stereocenters. The van der Waals surface area contributed by atoms with Gasteiger partial charge in [0.2, 0.25) is 4.77 Å². The van der Waals surface area contributed by atoms with Gasteiger partial charge in [0.15, 0.2) is 5.82 Å². The number of halogens is 2. The summed E-state index contributed by atoms with van der Waals surface area (Å²) in [7, 11) is 0. The van der Waals surface area contributed by atoms with E-state index in [1.54, 1.807) is 29.1 Å². The first kappa shape index (κ1) is 12.8. The summed E-state index contributed by atoms with van der Waals surface area (Å²) in [6, 6.07) is 5.33. The molecule has 2 aromatic rings. The van der Waals surface area contributed by atoms with E-state index in [0.717, 1.165) is 18.7 Å². The number of nitrogens with one attached hydrogen (secondary N) is 1. The van der Waals surface area contributed by atoms with Crippen LogP contribution in [0.3, 0.4) is 0 Å². The minimum absolute atomic E-state index is 0.451. The highest BCUT2D eigenvalue weighted by Crippen LogP contribution is 2.38. The Morgan fingerprint density at radius 1 is 1.37 bits per heavy atom. The van der Waals surface area contributed by atoms with Crippen LogP contribution in [0.1, 0.15) is 30.1 Å². The Balaban J connectivity index is 1.99. The molecule has 1 fully saturated rings. The van der Waals surface area contributed by atoms with Gasteiger partial charge in [0, 0.05) is 11.5 Å². The molecule has 4 nitrogen and oxygen atoms in total. The zero-order valence-electron chi connectivity index (χ0n) is 9.81. The summed E-state index contributed by atoms with van der Waals surface area (Å²) in [6.45, 7) is 0. The summed E-state index contributed by atoms with van der Waals surface area (Å²) >= 11 is 17.3. The van der Waals surface area contributed by atoms with Crippen molar-refractivity contribution in [3.05, 3.63) is 44.4 Å². The highest BCUT2D eigenvalue weighted by Gasteiger charge is 2.29. The molecule has 98 valence electrons. The number of aromatic amines is 1. The van der Waals surface area contributed by atoms with E-state index in [1.165, 1.54) is 0 Å². The second-order valence-electron chi connectivity index (χ2n) is 4.35. The van der Waals surface area contributed by atoms with Crippen molar-refractivity contribution in [1.29, 1.82) is 0 Å². The maximum atomic E-state index is 6.09. The van der Waals surface area contributed by atoms with Gasteiger partial charge in [0.05, 0.1) is 16.3 Å². The van der Waals surface area contributed by atoms with Crippen LogP contribution in [0.2, 0.25) is 10.0 Å². The molecule has 1 saturated carbocycles. The van der Waals surface area contributed by atoms with Crippen LogP contribution in [0.25, 0.3) is 0 Å². The molecular formula is C12H10Cl2N4S. The molecule has 0 bridgehead atoms. The van der Waals surface area contributed by atoms with E-state index in [1.807, 2.05) is 0 Å². The molecule has 0 radical (unpaired) electrons. The lowest BCUT2D eigenvalue weighted by Gasteiger charge is -2.01. The van der Waals surface area contributed by atoms with Gasteiger partial charge in [-0.15, -0.1) is 0 Å². The minimum atomic E-state index is 0.451. The third kappa shape index (κ3) is 2.59. The van der Waals surface area contributed by atoms with Gasteiger partial charge in [-0.3, -0.25) is 5.10 Å². The second-order valence-corrected chi connectivity index (χ2v) is 5.55. The molecule has 1 aromatic carbocycles. The Morgan fingerprint density at radius 3 is 2.68 bits per heavy atom. The molecule has 3 rings (SSSR count). The normalized spacial score (nSPS) is 15.3. The smallest absolute Gasteiger partial charge is 0.216 e. The monoisotopic (exact) mass is 312 g/mol. The molecule has 0 atom stereocenters. The van der Waals surface area contributed by atoms with Crippen LogP contribution in [0, 0.1) is 4.77 Å². The number of rotatable bonds is 3. The van der Waals surface area contributed by atoms with Gasteiger partial charge in [0.1, 0.15) is 0 Å². The zero-order chi connectivity index (χ0) is 13.4. The standard InChI is InChI=1S/C12H10Cl2N4S/c13-9-2-1-3-10(14)8(9)6-15-18-11(7-4-5-7)16-17-12(18)19/h1-3,6-7H,4-5H2,(H,17,19). The molecule has 0 spiro atoms. The molecule has 0 aliphatic heterocycles. The maximum Gasteiger partial charge on any atom is 0.216 e. The first-order chi connectivity index (χ1) is 9.16. The highest BCUT2D eigenvalue weighted by atomic mass is 35.5. The van der Waals surface area contributed by atoms with Crippen LogP contribution in [0.5, 0.6) is 0 Å².